The number of amides is 2. The largest absolute Gasteiger partial charge is 0.478 e. The molecule has 3 unspecified atom stereocenters. The van der Waals surface area contributed by atoms with Gasteiger partial charge in [0.25, 0.3) is 0 Å². The molecule has 7 heteroatoms. The van der Waals surface area contributed by atoms with Crippen molar-refractivity contribution in [1.82, 2.24) is 15.5 Å². The fraction of sp³-hybridized carbons (Fsp3) is 0.773. The molecule has 168 valence electrons. The molecule has 0 aromatic heterocycles. The van der Waals surface area contributed by atoms with E-state index in [4.69, 9.17) is 0 Å². The molecule has 2 amide bonds. The molecule has 0 heterocycles. The average Bonchev–Trinajstić information content (AvgIpc) is 2.61. The number of likely N-dealkylation sites (N-methyl/N-ethyl adjacent to an activating group) is 2. The maximum Gasteiger partial charge on any atom is 0.331 e. The Kier molecular flexibility index (Phi) is 10.6. The molecule has 0 fully saturated rings. The number of carbonyl (C=O) groups excluding carboxylic acids is 2. The number of rotatable bonds is 10. The molecular weight excluding hydrogens is 370 g/mol. The molecule has 0 aromatic rings. The third kappa shape index (κ3) is 7.80. The second kappa shape index (κ2) is 11.3. The zero-order valence-electron chi connectivity index (χ0n) is 19.8. The lowest BCUT2D eigenvalue weighted by Gasteiger charge is -2.38. The summed E-state index contributed by atoms with van der Waals surface area (Å²) >= 11 is 0. The van der Waals surface area contributed by atoms with E-state index in [-0.39, 0.29) is 35.3 Å². The molecule has 0 aliphatic heterocycles. The molecular formula is C22H41N3O4. The number of nitrogens with one attached hydrogen (secondary N) is 2. The van der Waals surface area contributed by atoms with Gasteiger partial charge in [-0.2, -0.15) is 0 Å². The number of carboxylic acid groups (broad SMARTS) is 1. The van der Waals surface area contributed by atoms with Crippen molar-refractivity contribution >= 4 is 17.8 Å². The van der Waals surface area contributed by atoms with Gasteiger partial charge >= 0.3 is 5.97 Å². The van der Waals surface area contributed by atoms with Gasteiger partial charge in [0, 0.05) is 12.6 Å². The SMILES string of the molecule is CCC(C)[C@@H](/C=C(\C)C(=O)O)N(C)C(=O)C(NC(=O)C(NC)C(C)C)C(C)(C)C. The minimum atomic E-state index is -1.01. The first-order chi connectivity index (χ1) is 13.2. The molecule has 0 rings (SSSR count). The van der Waals surface area contributed by atoms with Crippen LogP contribution in [0.25, 0.3) is 0 Å². The molecule has 0 aliphatic carbocycles. The fourth-order valence-electron chi connectivity index (χ4n) is 3.23. The summed E-state index contributed by atoms with van der Waals surface area (Å²) in [6.07, 6.45) is 2.41. The molecule has 0 bridgehead atoms. The summed E-state index contributed by atoms with van der Waals surface area (Å²) in [6.45, 7) is 15.1. The summed E-state index contributed by atoms with van der Waals surface area (Å²) in [5.74, 6) is -1.32. The quantitative estimate of drug-likeness (QED) is 0.480. The first-order valence-corrected chi connectivity index (χ1v) is 10.3. The molecule has 0 saturated heterocycles. The van der Waals surface area contributed by atoms with Gasteiger partial charge in [0.1, 0.15) is 6.04 Å². The van der Waals surface area contributed by atoms with E-state index in [1.54, 1.807) is 25.1 Å². The van der Waals surface area contributed by atoms with Crippen molar-refractivity contribution in [3.8, 4) is 0 Å². The highest BCUT2D eigenvalue weighted by Gasteiger charge is 2.38. The highest BCUT2D eigenvalue weighted by molar-refractivity contribution is 5.91. The van der Waals surface area contributed by atoms with Crippen LogP contribution in [0.2, 0.25) is 0 Å². The van der Waals surface area contributed by atoms with Gasteiger partial charge in [-0.15, -0.1) is 0 Å². The van der Waals surface area contributed by atoms with E-state index in [0.29, 0.717) is 0 Å². The topological polar surface area (TPSA) is 98.7 Å². The van der Waals surface area contributed by atoms with Gasteiger partial charge in [0.15, 0.2) is 0 Å². The third-order valence-electron chi connectivity index (χ3n) is 5.44. The van der Waals surface area contributed by atoms with Gasteiger partial charge in [-0.05, 0) is 31.2 Å². The highest BCUT2D eigenvalue weighted by Crippen LogP contribution is 2.25. The van der Waals surface area contributed by atoms with E-state index in [9.17, 15) is 19.5 Å². The molecule has 7 nitrogen and oxygen atoms in total. The molecule has 0 aromatic carbocycles. The van der Waals surface area contributed by atoms with E-state index in [1.165, 1.54) is 6.92 Å². The maximum atomic E-state index is 13.4. The monoisotopic (exact) mass is 411 g/mol. The molecule has 0 aliphatic rings. The van der Waals surface area contributed by atoms with Gasteiger partial charge < -0.3 is 20.6 Å². The molecule has 0 spiro atoms. The van der Waals surface area contributed by atoms with Crippen molar-refractivity contribution in [3.05, 3.63) is 11.6 Å². The van der Waals surface area contributed by atoms with Crippen LogP contribution in [0.15, 0.2) is 11.6 Å². The van der Waals surface area contributed by atoms with E-state index in [1.807, 2.05) is 48.5 Å². The van der Waals surface area contributed by atoms with Crippen LogP contribution in [-0.4, -0.2) is 60.0 Å². The summed E-state index contributed by atoms with van der Waals surface area (Å²) < 4.78 is 0. The van der Waals surface area contributed by atoms with Crippen molar-refractivity contribution in [2.24, 2.45) is 17.3 Å². The number of hydrogen-bond acceptors (Lipinski definition) is 4. The number of nitrogens with zero attached hydrogens (tertiary/aromatic N) is 1. The molecule has 3 N–H and O–H groups in total. The number of aliphatic carboxylic acids is 1. The van der Waals surface area contributed by atoms with Crippen LogP contribution in [-0.2, 0) is 14.4 Å². The van der Waals surface area contributed by atoms with Crippen LogP contribution in [0.4, 0.5) is 0 Å². The summed E-state index contributed by atoms with van der Waals surface area (Å²) in [5, 5.41) is 15.2. The summed E-state index contributed by atoms with van der Waals surface area (Å²) in [7, 11) is 3.40. The summed E-state index contributed by atoms with van der Waals surface area (Å²) in [6, 6.07) is -1.52. The first-order valence-electron chi connectivity index (χ1n) is 10.3. The van der Waals surface area contributed by atoms with Gasteiger partial charge in [-0.1, -0.05) is 61.0 Å². The lowest BCUT2D eigenvalue weighted by molar-refractivity contribution is -0.141. The van der Waals surface area contributed by atoms with Crippen molar-refractivity contribution in [3.63, 3.8) is 0 Å². The summed E-state index contributed by atoms with van der Waals surface area (Å²) in [4.78, 5) is 39.1. The number of carboxylic acids is 1. The van der Waals surface area contributed by atoms with Gasteiger partial charge in [-0.25, -0.2) is 4.79 Å². The Hall–Kier alpha value is -1.89. The van der Waals surface area contributed by atoms with Gasteiger partial charge in [-0.3, -0.25) is 9.59 Å². The van der Waals surface area contributed by atoms with Crippen LogP contribution in [0.3, 0.4) is 0 Å². The first kappa shape index (κ1) is 27.1. The maximum absolute atomic E-state index is 13.4. The minimum absolute atomic E-state index is 0.0651. The van der Waals surface area contributed by atoms with Crippen LogP contribution >= 0.6 is 0 Å². The van der Waals surface area contributed by atoms with E-state index in [0.717, 1.165) is 6.42 Å². The van der Waals surface area contributed by atoms with Crippen LogP contribution in [0.5, 0.6) is 0 Å². The van der Waals surface area contributed by atoms with Crippen molar-refractivity contribution in [2.75, 3.05) is 14.1 Å². The smallest absolute Gasteiger partial charge is 0.331 e. The number of carbonyl (C=O) groups is 3. The lowest BCUT2D eigenvalue weighted by Crippen LogP contribution is -2.59. The Labute approximate surface area is 176 Å². The Balaban J connectivity index is 5.90. The third-order valence-corrected chi connectivity index (χ3v) is 5.44. The summed E-state index contributed by atoms with van der Waals surface area (Å²) in [5.41, 5.74) is -0.316. The minimum Gasteiger partial charge on any atom is -0.478 e. The fourth-order valence-corrected chi connectivity index (χ4v) is 3.23. The zero-order chi connectivity index (χ0) is 23.1. The standard InChI is InChI=1S/C22H41N3O4/c1-11-14(4)16(12-15(5)21(28)29)25(10)20(27)18(22(6,7)8)24-19(26)17(23-9)13(2)3/h12-14,16-18,23H,11H2,1-10H3,(H,24,26)(H,28,29)/b15-12+/t14?,16-,17?,18?/m1/s1. The predicted octanol–water partition coefficient (Wildman–Crippen LogP) is 2.67. The number of hydrogen-bond donors (Lipinski definition) is 3. The Morgan fingerprint density at radius 1 is 1.14 bits per heavy atom. The second-order valence-electron chi connectivity index (χ2n) is 9.30. The second-order valence-corrected chi connectivity index (χ2v) is 9.30. The van der Waals surface area contributed by atoms with Gasteiger partial charge in [0.05, 0.1) is 12.1 Å². The Morgan fingerprint density at radius 3 is 2.00 bits per heavy atom. The van der Waals surface area contributed by atoms with E-state index >= 15 is 0 Å². The highest BCUT2D eigenvalue weighted by atomic mass is 16.4. The van der Waals surface area contributed by atoms with Crippen LogP contribution in [0, 0.1) is 17.3 Å². The molecule has 0 radical (unpaired) electrons. The molecule has 29 heavy (non-hydrogen) atoms. The Morgan fingerprint density at radius 2 is 1.66 bits per heavy atom. The van der Waals surface area contributed by atoms with E-state index in [2.05, 4.69) is 10.6 Å². The normalized spacial score (nSPS) is 16.7. The van der Waals surface area contributed by atoms with Crippen molar-refractivity contribution < 1.29 is 19.5 Å². The molecule has 4 atom stereocenters. The average molecular weight is 412 g/mol. The Bertz CT molecular complexity index is 608. The van der Waals surface area contributed by atoms with Crippen LogP contribution < -0.4 is 10.6 Å². The zero-order valence-corrected chi connectivity index (χ0v) is 19.8. The van der Waals surface area contributed by atoms with Crippen molar-refractivity contribution in [2.45, 2.75) is 79.9 Å². The van der Waals surface area contributed by atoms with Crippen LogP contribution in [0.1, 0.15) is 61.8 Å². The molecule has 0 saturated carbocycles. The predicted molar refractivity (Wildman–Crippen MR) is 116 cm³/mol. The van der Waals surface area contributed by atoms with E-state index < -0.39 is 23.5 Å². The lowest BCUT2D eigenvalue weighted by atomic mass is 9.84. The van der Waals surface area contributed by atoms with Gasteiger partial charge in [0.2, 0.25) is 11.8 Å². The van der Waals surface area contributed by atoms with Crippen molar-refractivity contribution in [1.29, 1.82) is 0 Å².